The summed E-state index contributed by atoms with van der Waals surface area (Å²) in [5.74, 6) is -2.67. The molecule has 0 saturated heterocycles. The molecule has 0 radical (unpaired) electrons. The Morgan fingerprint density at radius 1 is 1.35 bits per heavy atom. The Balaban J connectivity index is 2.24. The minimum atomic E-state index is -1.42. The Morgan fingerprint density at radius 3 is 2.70 bits per heavy atom. The monoisotopic (exact) mass is 330 g/mol. The molecule has 23 heavy (non-hydrogen) atoms. The van der Waals surface area contributed by atoms with E-state index < -0.39 is 17.6 Å². The minimum Gasteiger partial charge on any atom is -0.352 e. The molecule has 0 aliphatic rings. The molecule has 6 nitrogen and oxygen atoms in total. The lowest BCUT2D eigenvalue weighted by Crippen LogP contribution is -2.38. The molecule has 0 spiro atoms. The average Bonchev–Trinajstić information content (AvgIpc) is 2.97. The molecular weight excluding hydrogens is 316 g/mol. The molecule has 0 aliphatic heterocycles. The average molecular weight is 331 g/mol. The van der Waals surface area contributed by atoms with E-state index in [1.54, 1.807) is 50.4 Å². The van der Waals surface area contributed by atoms with Crippen LogP contribution in [0.3, 0.4) is 0 Å². The predicted octanol–water partition coefficient (Wildman–Crippen LogP) is 2.37. The molecule has 0 unspecified atom stereocenters. The molecule has 1 heterocycles. The van der Waals surface area contributed by atoms with Crippen molar-refractivity contribution in [2.75, 3.05) is 0 Å². The van der Waals surface area contributed by atoms with Gasteiger partial charge in [0.15, 0.2) is 5.92 Å². The summed E-state index contributed by atoms with van der Waals surface area (Å²) >= 11 is 5.92. The Morgan fingerprint density at radius 2 is 2.09 bits per heavy atom. The van der Waals surface area contributed by atoms with Crippen LogP contribution >= 0.6 is 11.6 Å². The summed E-state index contributed by atoms with van der Waals surface area (Å²) in [6, 6.07) is 10.00. The van der Waals surface area contributed by atoms with E-state index in [4.69, 9.17) is 16.9 Å². The van der Waals surface area contributed by atoms with Crippen molar-refractivity contribution < 1.29 is 9.59 Å². The standard InChI is InChI=1S/C16H15ClN4O2/c1-10(2)19-16(23)13(9-18)15(22)14-6-7-21(20-14)12-5-3-4-11(17)8-12/h3-8,10,13H,1-2H3,(H,19,23)/t13-/m1/s1. The van der Waals surface area contributed by atoms with Gasteiger partial charge >= 0.3 is 0 Å². The predicted molar refractivity (Wildman–Crippen MR) is 85.3 cm³/mol. The van der Waals surface area contributed by atoms with Crippen LogP contribution in [-0.4, -0.2) is 27.5 Å². The molecule has 1 aromatic carbocycles. The second-order valence-corrected chi connectivity index (χ2v) is 5.65. The highest BCUT2D eigenvalue weighted by molar-refractivity contribution is 6.30. The van der Waals surface area contributed by atoms with Crippen LogP contribution < -0.4 is 5.32 Å². The zero-order chi connectivity index (χ0) is 17.0. The van der Waals surface area contributed by atoms with Gasteiger partial charge in [0.25, 0.3) is 0 Å². The van der Waals surface area contributed by atoms with Crippen LogP contribution in [-0.2, 0) is 4.79 Å². The van der Waals surface area contributed by atoms with Gasteiger partial charge in [-0.25, -0.2) is 4.68 Å². The van der Waals surface area contributed by atoms with Crippen LogP contribution in [0.5, 0.6) is 0 Å². The fourth-order valence-corrected chi connectivity index (χ4v) is 2.15. The number of nitrogens with one attached hydrogen (secondary N) is 1. The Labute approximate surface area is 138 Å². The summed E-state index contributed by atoms with van der Waals surface area (Å²) < 4.78 is 1.47. The van der Waals surface area contributed by atoms with Gasteiger partial charge < -0.3 is 5.32 Å². The molecule has 0 saturated carbocycles. The number of hydrogen-bond acceptors (Lipinski definition) is 4. The summed E-state index contributed by atoms with van der Waals surface area (Å²) in [4.78, 5) is 24.2. The fourth-order valence-electron chi connectivity index (χ4n) is 1.97. The Kier molecular flexibility index (Phi) is 5.14. The maximum atomic E-state index is 12.3. The number of benzene rings is 1. The van der Waals surface area contributed by atoms with E-state index in [2.05, 4.69) is 10.4 Å². The maximum Gasteiger partial charge on any atom is 0.245 e. The van der Waals surface area contributed by atoms with E-state index in [0.29, 0.717) is 10.7 Å². The molecule has 0 bridgehead atoms. The van der Waals surface area contributed by atoms with Gasteiger partial charge in [-0.05, 0) is 38.1 Å². The molecular formula is C16H15ClN4O2. The van der Waals surface area contributed by atoms with Crippen LogP contribution in [0.4, 0.5) is 0 Å². The summed E-state index contributed by atoms with van der Waals surface area (Å²) in [6.07, 6.45) is 1.58. The number of amides is 1. The molecule has 2 rings (SSSR count). The topological polar surface area (TPSA) is 87.8 Å². The molecule has 7 heteroatoms. The third-order valence-corrected chi connectivity index (χ3v) is 3.23. The molecule has 0 aliphatic carbocycles. The Hall–Kier alpha value is -2.65. The van der Waals surface area contributed by atoms with Crippen molar-refractivity contribution in [2.24, 2.45) is 5.92 Å². The number of carbonyl (C=O) groups is 2. The first-order valence-electron chi connectivity index (χ1n) is 6.98. The second-order valence-electron chi connectivity index (χ2n) is 5.22. The van der Waals surface area contributed by atoms with Crippen molar-refractivity contribution in [3.63, 3.8) is 0 Å². The van der Waals surface area contributed by atoms with Crippen molar-refractivity contribution in [3.8, 4) is 11.8 Å². The first-order chi connectivity index (χ1) is 10.9. The van der Waals surface area contributed by atoms with Crippen LogP contribution in [0.15, 0.2) is 36.5 Å². The molecule has 1 amide bonds. The number of ketones is 1. The number of aromatic nitrogens is 2. The third-order valence-electron chi connectivity index (χ3n) is 3.00. The van der Waals surface area contributed by atoms with Gasteiger partial charge in [-0.3, -0.25) is 9.59 Å². The van der Waals surface area contributed by atoms with Crippen molar-refractivity contribution >= 4 is 23.3 Å². The SMILES string of the molecule is CC(C)NC(=O)[C@H](C#N)C(=O)c1ccn(-c2cccc(Cl)c2)n1. The molecule has 1 N–H and O–H groups in total. The fraction of sp³-hybridized carbons (Fsp3) is 0.250. The van der Waals surface area contributed by atoms with Crippen molar-refractivity contribution in [3.05, 3.63) is 47.2 Å². The van der Waals surface area contributed by atoms with E-state index in [0.717, 1.165) is 0 Å². The van der Waals surface area contributed by atoms with E-state index in [9.17, 15) is 9.59 Å². The van der Waals surface area contributed by atoms with E-state index in [1.165, 1.54) is 10.7 Å². The molecule has 0 fully saturated rings. The first kappa shape index (κ1) is 16.7. The van der Waals surface area contributed by atoms with Gasteiger partial charge in [-0.2, -0.15) is 10.4 Å². The lowest BCUT2D eigenvalue weighted by Gasteiger charge is -2.10. The highest BCUT2D eigenvalue weighted by atomic mass is 35.5. The van der Waals surface area contributed by atoms with E-state index >= 15 is 0 Å². The number of carbonyl (C=O) groups excluding carboxylic acids is 2. The highest BCUT2D eigenvalue weighted by Crippen LogP contribution is 2.15. The molecule has 2 aromatic rings. The summed E-state index contributed by atoms with van der Waals surface area (Å²) in [7, 11) is 0. The van der Waals surface area contributed by atoms with Crippen LogP contribution in [0.25, 0.3) is 5.69 Å². The van der Waals surface area contributed by atoms with Gasteiger partial charge in [-0.1, -0.05) is 17.7 Å². The van der Waals surface area contributed by atoms with Gasteiger partial charge in [0.2, 0.25) is 11.7 Å². The minimum absolute atomic E-state index is 0.0513. The van der Waals surface area contributed by atoms with Crippen molar-refractivity contribution in [1.82, 2.24) is 15.1 Å². The zero-order valence-electron chi connectivity index (χ0n) is 12.7. The van der Waals surface area contributed by atoms with Crippen LogP contribution in [0.2, 0.25) is 5.02 Å². The van der Waals surface area contributed by atoms with Gasteiger partial charge in [-0.15, -0.1) is 0 Å². The van der Waals surface area contributed by atoms with Crippen molar-refractivity contribution in [2.45, 2.75) is 19.9 Å². The van der Waals surface area contributed by atoms with Crippen LogP contribution in [0, 0.1) is 17.2 Å². The maximum absolute atomic E-state index is 12.3. The highest BCUT2D eigenvalue weighted by Gasteiger charge is 2.29. The largest absolute Gasteiger partial charge is 0.352 e. The van der Waals surface area contributed by atoms with E-state index in [1.807, 2.05) is 0 Å². The number of nitrogens with zero attached hydrogens (tertiary/aromatic N) is 3. The van der Waals surface area contributed by atoms with Gasteiger partial charge in [0.1, 0.15) is 5.69 Å². The van der Waals surface area contributed by atoms with E-state index in [-0.39, 0.29) is 11.7 Å². The van der Waals surface area contributed by atoms with Gasteiger partial charge in [0, 0.05) is 17.3 Å². The Bertz CT molecular complexity index is 776. The molecule has 1 aromatic heterocycles. The lowest BCUT2D eigenvalue weighted by molar-refractivity contribution is -0.122. The number of nitriles is 1. The quantitative estimate of drug-likeness (QED) is 0.673. The number of Topliss-reactive ketones (excluding diaryl/α,β-unsaturated/α-hetero) is 1. The smallest absolute Gasteiger partial charge is 0.245 e. The third kappa shape index (κ3) is 3.96. The number of hydrogen-bond donors (Lipinski definition) is 1. The zero-order valence-corrected chi connectivity index (χ0v) is 13.4. The first-order valence-corrected chi connectivity index (χ1v) is 7.36. The summed E-state index contributed by atoms with van der Waals surface area (Å²) in [5.41, 5.74) is 0.729. The van der Waals surface area contributed by atoms with Crippen LogP contribution in [0.1, 0.15) is 24.3 Å². The second kappa shape index (κ2) is 7.07. The van der Waals surface area contributed by atoms with Gasteiger partial charge in [0.05, 0.1) is 11.8 Å². The normalized spacial score (nSPS) is 11.8. The number of rotatable bonds is 5. The number of halogens is 1. The molecule has 118 valence electrons. The lowest BCUT2D eigenvalue weighted by atomic mass is 10.0. The summed E-state index contributed by atoms with van der Waals surface area (Å²) in [5, 5.41) is 16.3. The van der Waals surface area contributed by atoms with Crippen molar-refractivity contribution in [1.29, 1.82) is 5.26 Å². The summed E-state index contributed by atoms with van der Waals surface area (Å²) in [6.45, 7) is 3.51. The molecule has 1 atom stereocenters.